The number of pyridine rings is 1. The van der Waals surface area contributed by atoms with Crippen molar-refractivity contribution in [3.8, 4) is 0 Å². The molecule has 2 rings (SSSR count). The van der Waals surface area contributed by atoms with Crippen LogP contribution in [0.2, 0.25) is 0 Å². The summed E-state index contributed by atoms with van der Waals surface area (Å²) in [4.78, 5) is 20.9. The fourth-order valence-corrected chi connectivity index (χ4v) is 3.30. The van der Waals surface area contributed by atoms with Crippen LogP contribution in [0.25, 0.3) is 0 Å². The normalized spacial score (nSPS) is 18.3. The van der Waals surface area contributed by atoms with E-state index >= 15 is 0 Å². The Labute approximate surface area is 138 Å². The molecule has 0 bridgehead atoms. The molecule has 122 valence electrons. The molecular weight excluding hydrogens is 294 g/mol. The van der Waals surface area contributed by atoms with Crippen LogP contribution < -0.4 is 0 Å². The Morgan fingerprint density at radius 3 is 2.55 bits per heavy atom. The lowest BCUT2D eigenvalue weighted by atomic mass is 10.1. The van der Waals surface area contributed by atoms with Crippen molar-refractivity contribution in [3.63, 3.8) is 0 Å². The maximum atomic E-state index is 12.3. The number of carbonyl (C=O) groups excluding carboxylic acids is 1. The topological polar surface area (TPSA) is 36.4 Å². The number of thioether (sulfide) groups is 1. The molecule has 5 heteroatoms. The number of aromatic nitrogens is 1. The number of hydrogen-bond donors (Lipinski definition) is 0. The Morgan fingerprint density at radius 2 is 2.00 bits per heavy atom. The van der Waals surface area contributed by atoms with Crippen LogP contribution in [0.1, 0.15) is 39.3 Å². The third kappa shape index (κ3) is 4.99. The Balaban J connectivity index is 1.81. The quantitative estimate of drug-likeness (QED) is 0.854. The van der Waals surface area contributed by atoms with Crippen molar-refractivity contribution in [2.75, 3.05) is 31.9 Å². The second kappa shape index (κ2) is 7.47. The summed E-state index contributed by atoms with van der Waals surface area (Å²) in [6, 6.07) is 4.46. The molecule has 1 aliphatic heterocycles. The van der Waals surface area contributed by atoms with Gasteiger partial charge in [-0.05, 0) is 18.6 Å². The predicted molar refractivity (Wildman–Crippen MR) is 93.0 cm³/mol. The van der Waals surface area contributed by atoms with E-state index in [0.717, 1.165) is 26.2 Å². The van der Waals surface area contributed by atoms with Crippen LogP contribution >= 0.6 is 11.8 Å². The fraction of sp³-hybridized carbons (Fsp3) is 0.647. The number of rotatable bonds is 4. The summed E-state index contributed by atoms with van der Waals surface area (Å²) >= 11 is 1.73. The maximum Gasteiger partial charge on any atom is 0.232 e. The molecule has 0 N–H and O–H groups in total. The molecule has 1 aromatic heterocycles. The first-order valence-corrected chi connectivity index (χ1v) is 8.91. The van der Waals surface area contributed by atoms with Gasteiger partial charge in [-0.1, -0.05) is 26.8 Å². The maximum absolute atomic E-state index is 12.3. The lowest BCUT2D eigenvalue weighted by Gasteiger charge is -2.38. The first-order chi connectivity index (χ1) is 10.4. The zero-order chi connectivity index (χ0) is 16.2. The third-order valence-corrected chi connectivity index (χ3v) is 5.27. The van der Waals surface area contributed by atoms with E-state index in [2.05, 4.69) is 43.6 Å². The molecule has 0 spiro atoms. The molecule has 0 unspecified atom stereocenters. The third-order valence-electron chi connectivity index (χ3n) is 4.01. The van der Waals surface area contributed by atoms with Gasteiger partial charge in [0.1, 0.15) is 0 Å². The molecule has 0 radical (unpaired) electrons. The van der Waals surface area contributed by atoms with Crippen molar-refractivity contribution >= 4 is 17.7 Å². The molecule has 1 amide bonds. The van der Waals surface area contributed by atoms with Gasteiger partial charge < -0.3 is 4.90 Å². The highest BCUT2D eigenvalue weighted by molar-refractivity contribution is 8.01. The van der Waals surface area contributed by atoms with E-state index in [1.807, 2.05) is 17.2 Å². The van der Waals surface area contributed by atoms with E-state index < -0.39 is 0 Å². The zero-order valence-electron chi connectivity index (χ0n) is 14.1. The van der Waals surface area contributed by atoms with E-state index in [1.165, 1.54) is 5.56 Å². The first kappa shape index (κ1) is 17.3. The van der Waals surface area contributed by atoms with Gasteiger partial charge in [-0.25, -0.2) is 0 Å². The number of hydrogen-bond acceptors (Lipinski definition) is 4. The highest BCUT2D eigenvalue weighted by Crippen LogP contribution is 2.24. The van der Waals surface area contributed by atoms with Gasteiger partial charge in [0, 0.05) is 49.4 Å². The molecule has 1 aliphatic rings. The van der Waals surface area contributed by atoms with Crippen LogP contribution in [-0.2, 0) is 4.79 Å². The molecule has 4 nitrogen and oxygen atoms in total. The highest BCUT2D eigenvalue weighted by atomic mass is 32.2. The number of carbonyl (C=O) groups is 1. The van der Waals surface area contributed by atoms with Gasteiger partial charge in [0.05, 0.1) is 5.75 Å². The molecular formula is C17H27N3OS. The van der Waals surface area contributed by atoms with Crippen molar-refractivity contribution < 1.29 is 4.79 Å². The smallest absolute Gasteiger partial charge is 0.232 e. The predicted octanol–water partition coefficient (Wildman–Crippen LogP) is 2.82. The zero-order valence-corrected chi connectivity index (χ0v) is 14.9. The van der Waals surface area contributed by atoms with E-state index in [0.29, 0.717) is 11.8 Å². The fourth-order valence-electron chi connectivity index (χ4n) is 2.56. The summed E-state index contributed by atoms with van der Waals surface area (Å²) in [5.41, 5.74) is 1.24. The highest BCUT2D eigenvalue weighted by Gasteiger charge is 2.25. The molecule has 1 fully saturated rings. The number of amides is 1. The SMILES string of the molecule is C[C@@H](c1cccnc1)N1CCN(C(=O)CSC(C)(C)C)CC1. The number of nitrogens with zero attached hydrogens (tertiary/aromatic N) is 3. The molecule has 0 aliphatic carbocycles. The van der Waals surface area contributed by atoms with Crippen molar-refractivity contribution in [1.29, 1.82) is 0 Å². The average molecular weight is 321 g/mol. The van der Waals surface area contributed by atoms with Gasteiger partial charge >= 0.3 is 0 Å². The van der Waals surface area contributed by atoms with Crippen LogP contribution in [0.3, 0.4) is 0 Å². The average Bonchev–Trinajstić information content (AvgIpc) is 2.52. The minimum atomic E-state index is 0.145. The molecule has 0 saturated carbocycles. The van der Waals surface area contributed by atoms with Crippen LogP contribution in [0, 0.1) is 0 Å². The van der Waals surface area contributed by atoms with Gasteiger partial charge in [-0.2, -0.15) is 0 Å². The standard InChI is InChI=1S/C17H27N3OS/c1-14(15-6-5-7-18-12-15)19-8-10-20(11-9-19)16(21)13-22-17(2,3)4/h5-7,12,14H,8-11,13H2,1-4H3/t14-/m0/s1. The minimum absolute atomic E-state index is 0.145. The Bertz CT molecular complexity index is 478. The van der Waals surface area contributed by atoms with Crippen molar-refractivity contribution in [2.45, 2.75) is 38.5 Å². The molecule has 0 aromatic carbocycles. The van der Waals surface area contributed by atoms with E-state index in [1.54, 1.807) is 18.0 Å². The Kier molecular flexibility index (Phi) is 5.87. The molecule has 1 aromatic rings. The van der Waals surface area contributed by atoms with Gasteiger partial charge in [0.25, 0.3) is 0 Å². The summed E-state index contributed by atoms with van der Waals surface area (Å²) in [5.74, 6) is 0.857. The summed E-state index contributed by atoms with van der Waals surface area (Å²) in [7, 11) is 0. The summed E-state index contributed by atoms with van der Waals surface area (Å²) in [6.07, 6.45) is 3.74. The lowest BCUT2D eigenvalue weighted by Crippen LogP contribution is -2.49. The number of piperazine rings is 1. The van der Waals surface area contributed by atoms with E-state index in [9.17, 15) is 4.79 Å². The molecule has 22 heavy (non-hydrogen) atoms. The van der Waals surface area contributed by atoms with Gasteiger partial charge in [0.15, 0.2) is 0 Å². The van der Waals surface area contributed by atoms with Crippen molar-refractivity contribution in [3.05, 3.63) is 30.1 Å². The second-order valence-electron chi connectivity index (χ2n) is 6.78. The van der Waals surface area contributed by atoms with Crippen LogP contribution in [0.5, 0.6) is 0 Å². The van der Waals surface area contributed by atoms with Crippen LogP contribution in [-0.4, -0.2) is 57.4 Å². The van der Waals surface area contributed by atoms with Gasteiger partial charge in [-0.3, -0.25) is 14.7 Å². The molecule has 1 saturated heterocycles. The Morgan fingerprint density at radius 1 is 1.32 bits per heavy atom. The van der Waals surface area contributed by atoms with E-state index in [-0.39, 0.29) is 10.7 Å². The van der Waals surface area contributed by atoms with Gasteiger partial charge in [0.2, 0.25) is 5.91 Å². The summed E-state index contributed by atoms with van der Waals surface area (Å²) < 4.78 is 0.145. The second-order valence-corrected chi connectivity index (χ2v) is 8.58. The monoisotopic (exact) mass is 321 g/mol. The van der Waals surface area contributed by atoms with Crippen molar-refractivity contribution in [1.82, 2.24) is 14.8 Å². The minimum Gasteiger partial charge on any atom is -0.339 e. The first-order valence-electron chi connectivity index (χ1n) is 7.92. The van der Waals surface area contributed by atoms with E-state index in [4.69, 9.17) is 0 Å². The largest absolute Gasteiger partial charge is 0.339 e. The lowest BCUT2D eigenvalue weighted by molar-refractivity contribution is -0.130. The Hall–Kier alpha value is -1.07. The van der Waals surface area contributed by atoms with Crippen LogP contribution in [0.4, 0.5) is 0 Å². The summed E-state index contributed by atoms with van der Waals surface area (Å²) in [5, 5.41) is 0. The summed E-state index contributed by atoms with van der Waals surface area (Å²) in [6.45, 7) is 12.2. The van der Waals surface area contributed by atoms with Gasteiger partial charge in [-0.15, -0.1) is 11.8 Å². The van der Waals surface area contributed by atoms with Crippen LogP contribution in [0.15, 0.2) is 24.5 Å². The molecule has 2 heterocycles. The van der Waals surface area contributed by atoms with Crippen molar-refractivity contribution in [2.24, 2.45) is 0 Å². The molecule has 1 atom stereocenters.